The molecule has 10 aliphatic rings. The van der Waals surface area contributed by atoms with Crippen molar-refractivity contribution >= 4 is 77.7 Å². The van der Waals surface area contributed by atoms with Gasteiger partial charge in [0.05, 0.1) is 0 Å². The second-order valence-electron chi connectivity index (χ2n) is 29.7. The Balaban J connectivity index is 1.04. The summed E-state index contributed by atoms with van der Waals surface area (Å²) >= 11 is -7.91. The fourth-order valence-electron chi connectivity index (χ4n) is 24.6. The van der Waals surface area contributed by atoms with Crippen molar-refractivity contribution in [3.05, 3.63) is 356 Å². The van der Waals surface area contributed by atoms with Gasteiger partial charge in [0.25, 0.3) is 0 Å². The zero-order valence-electron chi connectivity index (χ0n) is 57.8. The molecule has 0 radical (unpaired) electrons. The van der Waals surface area contributed by atoms with E-state index in [0.717, 1.165) is 44.5 Å². The normalized spacial score (nSPS) is 30.3. The van der Waals surface area contributed by atoms with Gasteiger partial charge in [0, 0.05) is 0 Å². The van der Waals surface area contributed by atoms with Gasteiger partial charge in [0.15, 0.2) is 0 Å². The van der Waals surface area contributed by atoms with Crippen molar-refractivity contribution in [2.45, 2.75) is 75.4 Å². The van der Waals surface area contributed by atoms with Crippen LogP contribution < -0.4 is 18.9 Å². The fourth-order valence-corrected chi connectivity index (χ4v) is 148. The second kappa shape index (κ2) is 21.6. The van der Waals surface area contributed by atoms with E-state index < -0.39 is 43.5 Å². The van der Waals surface area contributed by atoms with Crippen molar-refractivity contribution in [1.29, 1.82) is 0 Å². The third-order valence-corrected chi connectivity index (χ3v) is 112. The molecule has 2 saturated heterocycles. The molecule has 8 aromatic rings. The topological polar surface area (TPSA) is 36.9 Å². The molecular weight excluding hydrogens is 1360 g/mol. The zero-order valence-corrected chi connectivity index (χ0v) is 64.0. The van der Waals surface area contributed by atoms with Crippen molar-refractivity contribution in [2.75, 3.05) is 28.4 Å². The van der Waals surface area contributed by atoms with Crippen LogP contribution in [-0.2, 0) is 14.9 Å². The van der Waals surface area contributed by atoms with Gasteiger partial charge in [-0.3, -0.25) is 0 Å². The number of ether oxygens (including phenoxy) is 4. The molecule has 18 rings (SSSR count). The Bertz CT molecular complexity index is 4930. The van der Waals surface area contributed by atoms with Crippen molar-refractivity contribution in [3.63, 3.8) is 0 Å². The summed E-state index contributed by atoms with van der Waals surface area (Å²) in [6.45, 7) is 15.5. The third kappa shape index (κ3) is 6.93. The van der Waals surface area contributed by atoms with Gasteiger partial charge in [0.1, 0.15) is 0 Å². The summed E-state index contributed by atoms with van der Waals surface area (Å²) in [5.74, 6) is 2.61. The molecule has 0 aromatic heterocycles. The van der Waals surface area contributed by atoms with Gasteiger partial charge in [0.2, 0.25) is 0 Å². The molecule has 4 nitrogen and oxygen atoms in total. The second-order valence-corrected chi connectivity index (χ2v) is 69.5. The van der Waals surface area contributed by atoms with E-state index in [-0.39, 0.29) is 23.7 Å². The SMILES string of the molecule is COc1cc(C2C=CC=CC3=C2C=C(C)[C]32[SiH](C)[C]3(C(C)=CC4=C3C=CC=CC4c3cc(OC)cc4ccccc34)[Zr]23([Cl])([Cl])[C]2(C(C)=CC4=C2C=CC=CC4c2cc(OC)cc4ccccc24)[SiH](C)[C]32C(C)=CC3=C2C=CC=CC3c2cc(OC)cc3ccccc23)c2ccccc2c1. The van der Waals surface area contributed by atoms with Crippen LogP contribution in [0, 0.1) is 0 Å². The van der Waals surface area contributed by atoms with Gasteiger partial charge in [-0.2, -0.15) is 0 Å². The van der Waals surface area contributed by atoms with Crippen LogP contribution in [-0.4, -0.2) is 46.0 Å². The molecule has 8 atom stereocenters. The summed E-state index contributed by atoms with van der Waals surface area (Å²) in [6.07, 6.45) is 49.1. The summed E-state index contributed by atoms with van der Waals surface area (Å²) in [6, 6.07) is 53.3. The first-order valence-electron chi connectivity index (χ1n) is 35.2. The summed E-state index contributed by atoms with van der Waals surface area (Å²) in [4.78, 5) is 0. The number of hydrogen-bond acceptors (Lipinski definition) is 4. The predicted molar refractivity (Wildman–Crippen MR) is 418 cm³/mol. The molecule has 9 heteroatoms. The van der Waals surface area contributed by atoms with Gasteiger partial charge in [-0.1, -0.05) is 0 Å². The number of hydrogen-bond donors (Lipinski definition) is 0. The van der Waals surface area contributed by atoms with Gasteiger partial charge in [-0.15, -0.1) is 0 Å². The molecule has 0 bridgehead atoms. The van der Waals surface area contributed by atoms with Crippen LogP contribution in [0.3, 0.4) is 0 Å². The fraction of sp³-hybridized carbons (Fsp3) is 0.200. The summed E-state index contributed by atoms with van der Waals surface area (Å²) < 4.78 is 21.7. The molecule has 490 valence electrons. The Hall–Kier alpha value is -8.26. The third-order valence-electron chi connectivity index (χ3n) is 26.9. The van der Waals surface area contributed by atoms with Crippen molar-refractivity contribution in [2.24, 2.45) is 0 Å². The number of allylic oxidation sites excluding steroid dienone is 32. The molecular formula is C90H80Cl2O4Si2Zr. The van der Waals surface area contributed by atoms with Gasteiger partial charge >= 0.3 is 595 Å². The first-order chi connectivity index (χ1) is 48.0. The van der Waals surface area contributed by atoms with Crippen LogP contribution in [0.5, 0.6) is 23.0 Å². The molecule has 0 N–H and O–H groups in total. The van der Waals surface area contributed by atoms with Crippen LogP contribution in [0.4, 0.5) is 0 Å². The quantitative estimate of drug-likeness (QED) is 0.142. The van der Waals surface area contributed by atoms with Crippen molar-refractivity contribution in [3.8, 4) is 23.0 Å². The number of methoxy groups -OCH3 is 4. The monoisotopic (exact) mass is 1440 g/mol. The Kier molecular flexibility index (Phi) is 13.8. The molecule has 0 saturated carbocycles. The van der Waals surface area contributed by atoms with E-state index in [1.54, 1.807) is 28.4 Å². The number of rotatable bonds is 8. The van der Waals surface area contributed by atoms with Crippen molar-refractivity contribution < 1.29 is 33.9 Å². The van der Waals surface area contributed by atoms with Crippen LogP contribution in [0.15, 0.2) is 334 Å². The summed E-state index contributed by atoms with van der Waals surface area (Å²) in [5, 5.41) is 9.36. The minimum atomic E-state index is -7.91. The molecule has 8 aromatic carbocycles. The number of halogens is 2. The Morgan fingerprint density at radius 2 is 0.545 bits per heavy atom. The molecule has 2 heterocycles. The van der Waals surface area contributed by atoms with Crippen molar-refractivity contribution in [1.82, 2.24) is 0 Å². The first-order valence-corrected chi connectivity index (χ1v) is 51.0. The first kappa shape index (κ1) is 63.0. The summed E-state index contributed by atoms with van der Waals surface area (Å²) in [7, 11) is 25.1. The van der Waals surface area contributed by atoms with E-state index >= 15 is 0 Å². The van der Waals surface area contributed by atoms with E-state index in [1.807, 2.05) is 0 Å². The number of benzene rings is 8. The van der Waals surface area contributed by atoms with Crippen LogP contribution >= 0.6 is 17.0 Å². The van der Waals surface area contributed by atoms with Gasteiger partial charge in [-0.05, 0) is 0 Å². The van der Waals surface area contributed by atoms with E-state index in [1.165, 1.54) is 111 Å². The average Bonchev–Trinajstić information content (AvgIpc) is 1.53. The minimum absolute atomic E-state index is 0.181. The maximum atomic E-state index is 11.7. The Morgan fingerprint density at radius 1 is 0.323 bits per heavy atom. The van der Waals surface area contributed by atoms with E-state index in [4.69, 9.17) is 18.9 Å². The standard InChI is InChI=1S/2C45H40O2Si.2ClH.Zr/c2*1-28-22-40-36(42-26-32(46-3)24-30-14-6-8-16-34(30)42)18-10-12-20-38(40)44(28)48(5)45-29(2)23-41-37(19-11-13-21-39(41)45)43-27-33(47-4)25-31-15-7-9-17-35(31)43;;;/h2*6-27,36-37,48H,1-5H3;2*1H;/q;;;;+2/p-2. The average molecular weight is 1440 g/mol. The zero-order chi connectivity index (χ0) is 68.0. The van der Waals surface area contributed by atoms with E-state index in [2.05, 4.69) is 308 Å². The Labute approximate surface area is 589 Å². The molecule has 0 amide bonds. The molecule has 8 aliphatic carbocycles. The predicted octanol–water partition coefficient (Wildman–Crippen LogP) is 23.4. The summed E-state index contributed by atoms with van der Waals surface area (Å²) in [5.41, 5.74) is 20.4. The number of fused-ring (bicyclic) bond motifs is 12. The van der Waals surface area contributed by atoms with Gasteiger partial charge in [-0.25, -0.2) is 0 Å². The van der Waals surface area contributed by atoms with E-state index in [9.17, 15) is 17.0 Å². The van der Waals surface area contributed by atoms with Gasteiger partial charge < -0.3 is 0 Å². The Morgan fingerprint density at radius 3 is 0.768 bits per heavy atom. The van der Waals surface area contributed by atoms with Crippen LogP contribution in [0.25, 0.3) is 43.1 Å². The molecule has 8 unspecified atom stereocenters. The molecule has 99 heavy (non-hydrogen) atoms. The molecule has 2 fully saturated rings. The maximum absolute atomic E-state index is 11.7. The molecule has 5 spiro atoms. The van der Waals surface area contributed by atoms with Crippen LogP contribution in [0.1, 0.15) is 73.6 Å². The van der Waals surface area contributed by atoms with E-state index in [0.29, 0.717) is 0 Å². The molecule has 2 aliphatic heterocycles. The van der Waals surface area contributed by atoms with Crippen LogP contribution in [0.2, 0.25) is 24.1 Å².